The number of pyridine rings is 1. The van der Waals surface area contributed by atoms with E-state index in [2.05, 4.69) is 15.5 Å². The Bertz CT molecular complexity index is 944. The van der Waals surface area contributed by atoms with Crippen LogP contribution in [0.4, 0.5) is 0 Å². The van der Waals surface area contributed by atoms with Crippen molar-refractivity contribution in [3.8, 4) is 5.75 Å². The molecule has 0 aliphatic heterocycles. The van der Waals surface area contributed by atoms with Crippen LogP contribution in [-0.2, 0) is 4.79 Å². The van der Waals surface area contributed by atoms with Gasteiger partial charge in [0.1, 0.15) is 5.75 Å². The van der Waals surface area contributed by atoms with Crippen molar-refractivity contribution >= 4 is 34.2 Å². The van der Waals surface area contributed by atoms with Crippen LogP contribution < -0.4 is 10.1 Å². The summed E-state index contributed by atoms with van der Waals surface area (Å²) < 4.78 is 7.33. The molecule has 2 heterocycles. The zero-order valence-electron chi connectivity index (χ0n) is 15.1. The smallest absolute Gasteiger partial charge is 0.230 e. The Hall–Kier alpha value is -2.28. The third-order valence-electron chi connectivity index (χ3n) is 3.72. The Balaban J connectivity index is 1.99. The van der Waals surface area contributed by atoms with Gasteiger partial charge in [-0.15, -0.1) is 10.2 Å². The van der Waals surface area contributed by atoms with Crippen LogP contribution in [0.25, 0.3) is 16.6 Å². The molecule has 1 amide bonds. The summed E-state index contributed by atoms with van der Waals surface area (Å²) in [6.45, 7) is 7.94. The Morgan fingerprint density at radius 2 is 2.04 bits per heavy atom. The van der Waals surface area contributed by atoms with E-state index in [0.717, 1.165) is 27.9 Å². The number of nitrogens with zero attached hydrogens (tertiary/aromatic N) is 3. The number of carbonyl (C=O) groups is 1. The summed E-state index contributed by atoms with van der Waals surface area (Å²) >= 11 is 1.38. The van der Waals surface area contributed by atoms with Crippen LogP contribution in [0.3, 0.4) is 0 Å². The van der Waals surface area contributed by atoms with Crippen molar-refractivity contribution in [3.05, 3.63) is 29.8 Å². The summed E-state index contributed by atoms with van der Waals surface area (Å²) in [5.74, 6) is 1.04. The average Bonchev–Trinajstić information content (AvgIpc) is 2.94. The molecule has 0 radical (unpaired) electrons. The predicted molar refractivity (Wildman–Crippen MR) is 100 cm³/mol. The van der Waals surface area contributed by atoms with E-state index in [1.807, 2.05) is 56.4 Å². The van der Waals surface area contributed by atoms with E-state index in [9.17, 15) is 4.79 Å². The third-order valence-corrected chi connectivity index (χ3v) is 4.65. The molecule has 0 atom stereocenters. The Labute approximate surface area is 151 Å². The lowest BCUT2D eigenvalue weighted by Crippen LogP contribution is -2.41. The van der Waals surface area contributed by atoms with Crippen molar-refractivity contribution in [2.45, 2.75) is 38.4 Å². The number of hydrogen-bond donors (Lipinski definition) is 1. The summed E-state index contributed by atoms with van der Waals surface area (Å²) in [5, 5.41) is 13.3. The van der Waals surface area contributed by atoms with Crippen LogP contribution in [0.1, 0.15) is 26.3 Å². The summed E-state index contributed by atoms with van der Waals surface area (Å²) in [4.78, 5) is 12.1. The highest BCUT2D eigenvalue weighted by Gasteiger charge is 2.17. The molecular weight excluding hydrogens is 336 g/mol. The van der Waals surface area contributed by atoms with E-state index in [-0.39, 0.29) is 17.2 Å². The maximum absolute atomic E-state index is 12.1. The number of thioether (sulfide) groups is 1. The van der Waals surface area contributed by atoms with Crippen molar-refractivity contribution in [3.63, 3.8) is 0 Å². The fourth-order valence-electron chi connectivity index (χ4n) is 2.71. The van der Waals surface area contributed by atoms with Crippen molar-refractivity contribution < 1.29 is 9.53 Å². The second kappa shape index (κ2) is 6.55. The topological polar surface area (TPSA) is 68.5 Å². The van der Waals surface area contributed by atoms with E-state index < -0.39 is 0 Å². The number of fused-ring (bicyclic) bond motifs is 3. The Morgan fingerprint density at radius 1 is 1.28 bits per heavy atom. The predicted octanol–water partition coefficient (Wildman–Crippen LogP) is 3.21. The van der Waals surface area contributed by atoms with Gasteiger partial charge in [0.05, 0.1) is 18.4 Å². The molecule has 0 bridgehead atoms. The normalized spacial score (nSPS) is 11.9. The molecular formula is C18H22N4O2S. The van der Waals surface area contributed by atoms with Gasteiger partial charge in [-0.2, -0.15) is 0 Å². The molecule has 0 spiro atoms. The van der Waals surface area contributed by atoms with Crippen LogP contribution in [0, 0.1) is 6.92 Å². The van der Waals surface area contributed by atoms with Crippen molar-refractivity contribution in [1.29, 1.82) is 0 Å². The standard InChI is InChI=1S/C18H22N4O2S/c1-11-8-15-20-21-17(25-10-16(23)19-18(2,3)4)22(15)14-9-12(24-5)6-7-13(11)14/h6-9H,10H2,1-5H3,(H,19,23). The van der Waals surface area contributed by atoms with E-state index in [1.165, 1.54) is 11.8 Å². The monoisotopic (exact) mass is 358 g/mol. The first-order valence-electron chi connectivity index (χ1n) is 8.05. The SMILES string of the molecule is COc1ccc2c(C)cc3nnc(SCC(=O)NC(C)(C)C)n3c2c1. The van der Waals surface area contributed by atoms with Gasteiger partial charge < -0.3 is 10.1 Å². The van der Waals surface area contributed by atoms with Crippen molar-refractivity contribution in [2.75, 3.05) is 12.9 Å². The summed E-state index contributed by atoms with van der Waals surface area (Å²) in [5.41, 5.74) is 2.61. The minimum absolute atomic E-state index is 0.0248. The number of aromatic nitrogens is 3. The number of benzene rings is 1. The highest BCUT2D eigenvalue weighted by atomic mass is 32.2. The number of nitrogens with one attached hydrogen (secondary N) is 1. The molecule has 25 heavy (non-hydrogen) atoms. The number of rotatable bonds is 4. The average molecular weight is 358 g/mol. The maximum Gasteiger partial charge on any atom is 0.230 e. The molecule has 0 saturated carbocycles. The van der Waals surface area contributed by atoms with Gasteiger partial charge in [0.2, 0.25) is 5.91 Å². The van der Waals surface area contributed by atoms with Crippen LogP contribution in [0.15, 0.2) is 29.4 Å². The highest BCUT2D eigenvalue weighted by molar-refractivity contribution is 7.99. The van der Waals surface area contributed by atoms with E-state index in [4.69, 9.17) is 4.74 Å². The largest absolute Gasteiger partial charge is 0.497 e. The lowest BCUT2D eigenvalue weighted by atomic mass is 10.1. The summed E-state index contributed by atoms with van der Waals surface area (Å²) in [7, 11) is 1.65. The van der Waals surface area contributed by atoms with Crippen LogP contribution in [-0.4, -0.2) is 38.9 Å². The van der Waals surface area contributed by atoms with Crippen LogP contribution in [0.5, 0.6) is 5.75 Å². The molecule has 3 aromatic rings. The van der Waals surface area contributed by atoms with Gasteiger partial charge in [0, 0.05) is 17.0 Å². The van der Waals surface area contributed by atoms with Gasteiger partial charge in [0.15, 0.2) is 10.8 Å². The molecule has 7 heteroatoms. The van der Waals surface area contributed by atoms with Crippen LogP contribution in [0.2, 0.25) is 0 Å². The molecule has 0 saturated heterocycles. The van der Waals surface area contributed by atoms with Crippen LogP contribution >= 0.6 is 11.8 Å². The molecule has 3 rings (SSSR count). The minimum atomic E-state index is -0.248. The number of carbonyl (C=O) groups excluding carboxylic acids is 1. The summed E-state index contributed by atoms with van der Waals surface area (Å²) in [6, 6.07) is 7.94. The molecule has 2 aromatic heterocycles. The van der Waals surface area contributed by atoms with E-state index >= 15 is 0 Å². The van der Waals surface area contributed by atoms with Crippen molar-refractivity contribution in [2.24, 2.45) is 0 Å². The Kier molecular flexibility index (Phi) is 4.60. The zero-order valence-corrected chi connectivity index (χ0v) is 15.9. The van der Waals surface area contributed by atoms with Crippen molar-refractivity contribution in [1.82, 2.24) is 19.9 Å². The quantitative estimate of drug-likeness (QED) is 0.725. The van der Waals surface area contributed by atoms with Gasteiger partial charge in [-0.1, -0.05) is 11.8 Å². The molecule has 0 unspecified atom stereocenters. The first kappa shape index (κ1) is 17.5. The first-order valence-corrected chi connectivity index (χ1v) is 9.03. The number of amides is 1. The Morgan fingerprint density at radius 3 is 2.72 bits per heavy atom. The van der Waals surface area contributed by atoms with Gasteiger partial charge in [-0.25, -0.2) is 0 Å². The molecule has 1 N–H and O–H groups in total. The molecule has 0 aliphatic carbocycles. The first-order chi connectivity index (χ1) is 11.8. The molecule has 6 nitrogen and oxygen atoms in total. The number of aryl methyl sites for hydroxylation is 1. The number of ether oxygens (including phenoxy) is 1. The fraction of sp³-hybridized carbons (Fsp3) is 0.389. The van der Waals surface area contributed by atoms with Gasteiger partial charge in [-0.3, -0.25) is 9.20 Å². The molecule has 132 valence electrons. The highest BCUT2D eigenvalue weighted by Crippen LogP contribution is 2.28. The van der Waals surface area contributed by atoms with Gasteiger partial charge in [-0.05, 0) is 51.5 Å². The maximum atomic E-state index is 12.1. The second-order valence-corrected chi connectivity index (χ2v) is 7.92. The minimum Gasteiger partial charge on any atom is -0.497 e. The fourth-order valence-corrected chi connectivity index (χ4v) is 3.46. The molecule has 0 aliphatic rings. The zero-order chi connectivity index (χ0) is 18.2. The lowest BCUT2D eigenvalue weighted by Gasteiger charge is -2.20. The second-order valence-electron chi connectivity index (χ2n) is 6.97. The number of methoxy groups -OCH3 is 1. The summed E-state index contributed by atoms with van der Waals surface area (Å²) in [6.07, 6.45) is 0. The lowest BCUT2D eigenvalue weighted by molar-refractivity contribution is -0.119. The third kappa shape index (κ3) is 3.71. The van der Waals surface area contributed by atoms with Gasteiger partial charge in [0.25, 0.3) is 0 Å². The van der Waals surface area contributed by atoms with Gasteiger partial charge >= 0.3 is 0 Å². The number of hydrogen-bond acceptors (Lipinski definition) is 5. The van der Waals surface area contributed by atoms with E-state index in [0.29, 0.717) is 5.16 Å². The molecule has 1 aromatic carbocycles. The van der Waals surface area contributed by atoms with E-state index in [1.54, 1.807) is 7.11 Å². The molecule has 0 fully saturated rings.